The molecule has 9 amide bonds. The molecule has 1 heterocycles. The van der Waals surface area contributed by atoms with Crippen molar-refractivity contribution in [2.24, 2.45) is 28.1 Å². The van der Waals surface area contributed by atoms with Gasteiger partial charge in [0.05, 0.1) is 12.5 Å². The van der Waals surface area contributed by atoms with Crippen molar-refractivity contribution in [3.05, 3.63) is 35.9 Å². The molecule has 0 radical (unpaired) electrons. The predicted octanol–water partition coefficient (Wildman–Crippen LogP) is -4.13. The van der Waals surface area contributed by atoms with Gasteiger partial charge >= 0.3 is 23.9 Å². The minimum absolute atomic E-state index is 0.0210. The molecule has 0 aliphatic carbocycles. The number of nitrogens with zero attached hydrogens (tertiary/aromatic N) is 2. The molecule has 0 bridgehead atoms. The molecule has 1 fully saturated rings. The Morgan fingerprint density at radius 3 is 1.70 bits per heavy atom. The van der Waals surface area contributed by atoms with Crippen molar-refractivity contribution in [2.45, 2.75) is 166 Å². The molecule has 18 N–H and O–H groups in total. The van der Waals surface area contributed by atoms with E-state index in [1.165, 1.54) is 20.8 Å². The van der Waals surface area contributed by atoms with Gasteiger partial charge < -0.3 is 85.1 Å². The number of carbonyl (C=O) groups excluding carboxylic acids is 9. The molecule has 0 saturated carbocycles. The van der Waals surface area contributed by atoms with Crippen LogP contribution in [0.15, 0.2) is 35.3 Å². The molecule has 2 rings (SSSR count). The lowest BCUT2D eigenvalue weighted by atomic mass is 9.96. The molecular formula is C49H75N13O17. The minimum atomic E-state index is -1.80. The van der Waals surface area contributed by atoms with Gasteiger partial charge in [-0.2, -0.15) is 0 Å². The van der Waals surface area contributed by atoms with E-state index in [1.54, 1.807) is 44.2 Å². The molecule has 438 valence electrons. The van der Waals surface area contributed by atoms with Crippen molar-refractivity contribution in [2.75, 3.05) is 13.1 Å². The number of nitrogens with two attached hydrogens (primary N) is 3. The van der Waals surface area contributed by atoms with Crippen LogP contribution in [0.25, 0.3) is 0 Å². The van der Waals surface area contributed by atoms with E-state index in [1.807, 2.05) is 0 Å². The summed E-state index contributed by atoms with van der Waals surface area (Å²) in [4.78, 5) is 174. The van der Waals surface area contributed by atoms with E-state index in [4.69, 9.17) is 22.3 Å². The molecule has 79 heavy (non-hydrogen) atoms. The monoisotopic (exact) mass is 1120 g/mol. The highest BCUT2D eigenvalue weighted by Crippen LogP contribution is 2.20. The molecule has 11 atom stereocenters. The van der Waals surface area contributed by atoms with Gasteiger partial charge in [-0.05, 0) is 70.8 Å². The van der Waals surface area contributed by atoms with Crippen LogP contribution in [-0.4, -0.2) is 182 Å². The largest absolute Gasteiger partial charge is 0.481 e. The summed E-state index contributed by atoms with van der Waals surface area (Å²) in [6, 6.07) is -5.98. The van der Waals surface area contributed by atoms with Crippen molar-refractivity contribution in [1.82, 2.24) is 47.4 Å². The average molecular weight is 1120 g/mol. The normalized spacial score (nSPS) is 16.6. The molecule has 0 aromatic heterocycles. The van der Waals surface area contributed by atoms with Crippen LogP contribution in [0.1, 0.15) is 104 Å². The van der Waals surface area contributed by atoms with Crippen molar-refractivity contribution in [1.29, 1.82) is 0 Å². The van der Waals surface area contributed by atoms with Crippen LogP contribution in [0, 0.1) is 5.92 Å². The molecule has 1 aromatic carbocycles. The highest BCUT2D eigenvalue weighted by atomic mass is 16.4. The number of nitrogens with one attached hydrogen (secondary N) is 8. The van der Waals surface area contributed by atoms with Crippen LogP contribution in [0.3, 0.4) is 0 Å². The van der Waals surface area contributed by atoms with E-state index in [2.05, 4.69) is 47.5 Å². The number of benzene rings is 1. The summed E-state index contributed by atoms with van der Waals surface area (Å²) < 4.78 is 0. The quantitative estimate of drug-likeness (QED) is 0.0177. The zero-order valence-electron chi connectivity index (χ0n) is 44.7. The van der Waals surface area contributed by atoms with Gasteiger partial charge in [-0.1, -0.05) is 50.6 Å². The van der Waals surface area contributed by atoms with Crippen LogP contribution in [-0.2, 0) is 68.7 Å². The van der Waals surface area contributed by atoms with Gasteiger partial charge in [0.25, 0.3) is 0 Å². The summed E-state index contributed by atoms with van der Waals surface area (Å²) in [6.07, 6.45) is -2.51. The molecule has 30 heteroatoms. The Balaban J connectivity index is 2.33. The third-order valence-corrected chi connectivity index (χ3v) is 12.6. The fourth-order valence-electron chi connectivity index (χ4n) is 7.88. The summed E-state index contributed by atoms with van der Waals surface area (Å²) in [5, 5.41) is 56.9. The number of aliphatic carboxylic acids is 4. The predicted molar refractivity (Wildman–Crippen MR) is 278 cm³/mol. The molecular weight excluding hydrogens is 1040 g/mol. The van der Waals surface area contributed by atoms with Gasteiger partial charge in [0.1, 0.15) is 54.4 Å². The number of aliphatic imine (C=N–C) groups is 1. The first-order valence-corrected chi connectivity index (χ1v) is 25.5. The van der Waals surface area contributed by atoms with E-state index in [0.717, 1.165) is 4.90 Å². The number of guanidine groups is 1. The number of carboxylic acid groups (broad SMARTS) is 4. The van der Waals surface area contributed by atoms with Crippen LogP contribution < -0.4 is 59.7 Å². The lowest BCUT2D eigenvalue weighted by Crippen LogP contribution is -2.61. The van der Waals surface area contributed by atoms with Crippen LogP contribution in [0.4, 0.5) is 0 Å². The van der Waals surface area contributed by atoms with Crippen LogP contribution >= 0.6 is 0 Å². The maximum atomic E-state index is 14.2. The molecule has 1 aliphatic heterocycles. The molecule has 1 aliphatic rings. The van der Waals surface area contributed by atoms with E-state index >= 15 is 0 Å². The number of carbonyl (C=O) groups is 13. The molecule has 0 spiro atoms. The number of hydrogen-bond donors (Lipinski definition) is 15. The lowest BCUT2D eigenvalue weighted by Gasteiger charge is -2.30. The van der Waals surface area contributed by atoms with Gasteiger partial charge in [-0.3, -0.25) is 67.3 Å². The summed E-state index contributed by atoms with van der Waals surface area (Å²) in [5.74, 6) is -15.0. The first-order valence-electron chi connectivity index (χ1n) is 25.5. The maximum Gasteiger partial charge on any atom is 0.325 e. The smallest absolute Gasteiger partial charge is 0.325 e. The highest BCUT2D eigenvalue weighted by Gasteiger charge is 2.41. The maximum absolute atomic E-state index is 14.2. The SMILES string of the molecule is CC[C@H](C)[C@H](NC(=O)[C@H](CCC(=O)O)NC(=O)[C@H](C)NC(=O)[C@H](C)NC(=O)[C@H](Cc1ccccc1)NC(=O)[C@@H](N)CCC(=O)O)C(=O)N[C@@H](CCCN=C(N)N)C(=O)N[C@@H](CC(=O)O)C(=O)N1CCC[C@H]1C(=O)N[C@@H](C)C(=O)O. The summed E-state index contributed by atoms with van der Waals surface area (Å²) in [5.41, 5.74) is 17.4. The Morgan fingerprint density at radius 1 is 0.608 bits per heavy atom. The van der Waals surface area contributed by atoms with E-state index in [9.17, 15) is 77.6 Å². The van der Waals surface area contributed by atoms with Crippen molar-refractivity contribution in [3.63, 3.8) is 0 Å². The first-order chi connectivity index (χ1) is 37.1. The minimum Gasteiger partial charge on any atom is -0.481 e. The molecule has 1 aromatic rings. The van der Waals surface area contributed by atoms with Gasteiger partial charge in [0.15, 0.2) is 5.96 Å². The Bertz CT molecular complexity index is 2390. The standard InChI is InChI=1S/C49H75N13O17/c1-6-24(2)38(46(76)58-30(14-10-20-53-49(51)52)42(72)60-33(23-37(67)68)47(77)62-21-11-15-34(62)45(75)56-27(5)48(78)79)61-43(73)31(17-19-36(65)66)57-40(70)26(4)54-39(69)25(3)55-44(74)32(22-28-12-8-7-9-13-28)59-41(71)29(50)16-18-35(63)64/h7-9,12-13,24-27,29-34,38H,6,10-11,14-23,50H2,1-5H3,(H,54,69)(H,55,74)(H,56,75)(H,57,70)(H,58,76)(H,59,71)(H,60,72)(H,61,73)(H,63,64)(H,65,66)(H,67,68)(H,78,79)(H4,51,52,53)/t24-,25-,26-,27-,29-,30-,31-,32-,33-,34-,38-/m0/s1. The average Bonchev–Trinajstić information content (AvgIpc) is 3.88. The first kappa shape index (κ1) is 66.7. The van der Waals surface area contributed by atoms with E-state index < -0.39 is 169 Å². The topological polar surface area (TPSA) is 493 Å². The molecule has 30 nitrogen and oxygen atoms in total. The fraction of sp³-hybridized carbons (Fsp3) is 0.592. The Morgan fingerprint density at radius 2 is 1.13 bits per heavy atom. The number of rotatable bonds is 34. The van der Waals surface area contributed by atoms with Crippen LogP contribution in [0.2, 0.25) is 0 Å². The highest BCUT2D eigenvalue weighted by molar-refractivity contribution is 5.99. The van der Waals surface area contributed by atoms with Gasteiger partial charge in [0, 0.05) is 32.4 Å². The zero-order chi connectivity index (χ0) is 59.7. The number of hydrogen-bond acceptors (Lipinski definition) is 15. The van der Waals surface area contributed by atoms with Crippen molar-refractivity contribution < 1.29 is 82.8 Å². The second kappa shape index (κ2) is 33.0. The fourth-order valence-corrected chi connectivity index (χ4v) is 7.88. The lowest BCUT2D eigenvalue weighted by molar-refractivity contribution is -0.147. The Hall–Kier alpha value is -8.44. The summed E-state index contributed by atoms with van der Waals surface area (Å²) in [7, 11) is 0. The molecule has 0 unspecified atom stereocenters. The molecule has 1 saturated heterocycles. The Kier molecular flexibility index (Phi) is 27.8. The number of likely N-dealkylation sites (tertiary alicyclic amines) is 1. The van der Waals surface area contributed by atoms with Crippen molar-refractivity contribution in [3.8, 4) is 0 Å². The second-order valence-electron chi connectivity index (χ2n) is 19.0. The van der Waals surface area contributed by atoms with Gasteiger partial charge in [-0.25, -0.2) is 0 Å². The Labute approximate surface area is 454 Å². The number of amides is 9. The van der Waals surface area contributed by atoms with E-state index in [-0.39, 0.29) is 64.0 Å². The second-order valence-corrected chi connectivity index (χ2v) is 19.0. The van der Waals surface area contributed by atoms with Crippen molar-refractivity contribution >= 4 is 83.0 Å². The van der Waals surface area contributed by atoms with Crippen LogP contribution in [0.5, 0.6) is 0 Å². The van der Waals surface area contributed by atoms with Gasteiger partial charge in [-0.15, -0.1) is 0 Å². The van der Waals surface area contributed by atoms with Gasteiger partial charge in [0.2, 0.25) is 53.2 Å². The summed E-state index contributed by atoms with van der Waals surface area (Å²) in [6.45, 7) is 6.79. The number of carboxylic acids is 4. The zero-order valence-corrected chi connectivity index (χ0v) is 44.7. The summed E-state index contributed by atoms with van der Waals surface area (Å²) >= 11 is 0. The van der Waals surface area contributed by atoms with E-state index in [0.29, 0.717) is 5.56 Å². The third kappa shape index (κ3) is 23.4. The third-order valence-electron chi connectivity index (χ3n) is 12.6.